The van der Waals surface area contributed by atoms with E-state index < -0.39 is 45.2 Å². The second kappa shape index (κ2) is 8.04. The molecule has 0 saturated heterocycles. The average molecular weight is 464 g/mol. The van der Waals surface area contributed by atoms with Crippen molar-refractivity contribution in [3.8, 4) is 0 Å². The molecule has 1 amide bonds. The molecule has 3 rings (SSSR count). The van der Waals surface area contributed by atoms with Gasteiger partial charge in [0.25, 0.3) is 12.3 Å². The molecule has 1 aliphatic rings. The van der Waals surface area contributed by atoms with E-state index in [2.05, 4.69) is 10.3 Å². The number of alkyl halides is 5. The quantitative estimate of drug-likeness (QED) is 0.639. The third-order valence-corrected chi connectivity index (χ3v) is 6.34. The van der Waals surface area contributed by atoms with Gasteiger partial charge in [-0.25, -0.2) is 17.2 Å². The van der Waals surface area contributed by atoms with Crippen molar-refractivity contribution in [3.05, 3.63) is 47.1 Å². The van der Waals surface area contributed by atoms with Crippen molar-refractivity contribution < 1.29 is 35.2 Å². The standard InChI is InChI=1S/C18H17F5N4O3S/c1-9-14(17(28)25-11-5-6-24-12(8-11)16(19)20)27-7-3-4-13(27)15(9)31(29,30)26-10(2)18(21,22)23/h3-6,8,10,16,26H,7H2,1-2H3,(H,24,25,28). The van der Waals surface area contributed by atoms with Gasteiger partial charge in [0, 0.05) is 24.0 Å². The van der Waals surface area contributed by atoms with E-state index >= 15 is 0 Å². The molecule has 1 atom stereocenters. The van der Waals surface area contributed by atoms with Crippen LogP contribution >= 0.6 is 0 Å². The fourth-order valence-electron chi connectivity index (χ4n) is 3.20. The van der Waals surface area contributed by atoms with Crippen LogP contribution in [0.3, 0.4) is 0 Å². The molecule has 168 valence electrons. The number of hydrogen-bond acceptors (Lipinski definition) is 4. The van der Waals surface area contributed by atoms with Crippen LogP contribution in [-0.4, -0.2) is 36.1 Å². The van der Waals surface area contributed by atoms with E-state index in [4.69, 9.17) is 0 Å². The van der Waals surface area contributed by atoms with Gasteiger partial charge in [0.2, 0.25) is 10.0 Å². The fourth-order valence-corrected chi connectivity index (χ4v) is 4.87. The van der Waals surface area contributed by atoms with Crippen LogP contribution in [0.15, 0.2) is 29.3 Å². The zero-order valence-corrected chi connectivity index (χ0v) is 17.0. The Morgan fingerprint density at radius 3 is 2.58 bits per heavy atom. The Balaban J connectivity index is 1.99. The predicted molar refractivity (Wildman–Crippen MR) is 101 cm³/mol. The SMILES string of the molecule is Cc1c(S(=O)(=O)NC(C)C(F)(F)F)c2n(c1C(=O)Nc1ccnc(C(F)F)c1)CC=C2. The summed E-state index contributed by atoms with van der Waals surface area (Å²) in [4.78, 5) is 15.9. The van der Waals surface area contributed by atoms with Crippen LogP contribution in [0.1, 0.15) is 40.8 Å². The van der Waals surface area contributed by atoms with Crippen molar-refractivity contribution in [1.29, 1.82) is 0 Å². The number of amides is 1. The maximum atomic E-state index is 12.9. The molecule has 1 aliphatic heterocycles. The monoisotopic (exact) mass is 464 g/mol. The highest BCUT2D eigenvalue weighted by Gasteiger charge is 2.41. The third-order valence-electron chi connectivity index (χ3n) is 4.62. The van der Waals surface area contributed by atoms with Crippen molar-refractivity contribution in [2.75, 3.05) is 5.32 Å². The molecular formula is C18H17F5N4O3S. The van der Waals surface area contributed by atoms with E-state index in [1.54, 1.807) is 10.8 Å². The lowest BCUT2D eigenvalue weighted by Crippen LogP contribution is -2.43. The molecule has 0 saturated carbocycles. The van der Waals surface area contributed by atoms with Crippen molar-refractivity contribution in [2.45, 2.75) is 43.9 Å². The minimum Gasteiger partial charge on any atom is -0.332 e. The van der Waals surface area contributed by atoms with Crippen LogP contribution in [0.2, 0.25) is 0 Å². The van der Waals surface area contributed by atoms with Crippen molar-refractivity contribution in [1.82, 2.24) is 14.3 Å². The molecule has 31 heavy (non-hydrogen) atoms. The molecule has 0 aliphatic carbocycles. The first-order valence-corrected chi connectivity index (χ1v) is 10.4. The number of hydrogen-bond donors (Lipinski definition) is 2. The van der Waals surface area contributed by atoms with Crippen molar-refractivity contribution in [2.24, 2.45) is 0 Å². The normalized spacial score (nSPS) is 14.7. The first-order chi connectivity index (χ1) is 14.3. The van der Waals surface area contributed by atoms with Gasteiger partial charge in [-0.15, -0.1) is 0 Å². The van der Waals surface area contributed by atoms with E-state index in [-0.39, 0.29) is 29.2 Å². The predicted octanol–water partition coefficient (Wildman–Crippen LogP) is 3.64. The topological polar surface area (TPSA) is 93.1 Å². The molecule has 2 aromatic heterocycles. The smallest absolute Gasteiger partial charge is 0.332 e. The number of aromatic nitrogens is 2. The lowest BCUT2D eigenvalue weighted by molar-refractivity contribution is -0.147. The van der Waals surface area contributed by atoms with Crippen molar-refractivity contribution >= 4 is 27.7 Å². The number of halogens is 5. The van der Waals surface area contributed by atoms with Crippen LogP contribution in [0.5, 0.6) is 0 Å². The van der Waals surface area contributed by atoms with E-state index in [9.17, 15) is 35.2 Å². The molecule has 2 aromatic rings. The van der Waals surface area contributed by atoms with Gasteiger partial charge >= 0.3 is 6.18 Å². The van der Waals surface area contributed by atoms with Crippen LogP contribution in [0.25, 0.3) is 6.08 Å². The number of rotatable bonds is 6. The number of carbonyl (C=O) groups is 1. The molecule has 3 heterocycles. The summed E-state index contributed by atoms with van der Waals surface area (Å²) in [6.45, 7) is 2.07. The van der Waals surface area contributed by atoms with Gasteiger partial charge in [-0.1, -0.05) is 6.08 Å². The largest absolute Gasteiger partial charge is 0.404 e. The van der Waals surface area contributed by atoms with Crippen LogP contribution in [-0.2, 0) is 16.6 Å². The van der Waals surface area contributed by atoms with E-state index in [1.165, 1.54) is 23.6 Å². The summed E-state index contributed by atoms with van der Waals surface area (Å²) < 4.78 is 92.6. The molecule has 2 N–H and O–H groups in total. The van der Waals surface area contributed by atoms with Crippen LogP contribution in [0, 0.1) is 6.92 Å². The highest BCUT2D eigenvalue weighted by atomic mass is 32.2. The Kier molecular flexibility index (Phi) is 5.93. The third kappa shape index (κ3) is 4.46. The molecular weight excluding hydrogens is 447 g/mol. The zero-order chi connectivity index (χ0) is 23.1. The summed E-state index contributed by atoms with van der Waals surface area (Å²) in [5, 5.41) is 2.40. The fraction of sp³-hybridized carbons (Fsp3) is 0.333. The Hall–Kier alpha value is -2.80. The number of pyridine rings is 1. The van der Waals surface area contributed by atoms with E-state index in [1.807, 2.05) is 0 Å². The van der Waals surface area contributed by atoms with Crippen molar-refractivity contribution in [3.63, 3.8) is 0 Å². The summed E-state index contributed by atoms with van der Waals surface area (Å²) in [5.41, 5.74) is -0.695. The first kappa shape index (κ1) is 22.9. The summed E-state index contributed by atoms with van der Waals surface area (Å²) in [5.74, 6) is -0.806. The van der Waals surface area contributed by atoms with Gasteiger partial charge in [-0.05, 0) is 32.1 Å². The Morgan fingerprint density at radius 2 is 1.97 bits per heavy atom. The Bertz CT molecular complexity index is 1160. The lowest BCUT2D eigenvalue weighted by atomic mass is 10.2. The van der Waals surface area contributed by atoms with Gasteiger partial charge in [-0.2, -0.15) is 17.9 Å². The second-order valence-electron chi connectivity index (χ2n) is 6.81. The molecule has 7 nitrogen and oxygen atoms in total. The van der Waals surface area contributed by atoms with Crippen LogP contribution in [0.4, 0.5) is 27.6 Å². The van der Waals surface area contributed by atoms with Gasteiger partial charge in [-0.3, -0.25) is 9.78 Å². The number of nitrogens with one attached hydrogen (secondary N) is 2. The highest BCUT2D eigenvalue weighted by Crippen LogP contribution is 2.33. The highest BCUT2D eigenvalue weighted by molar-refractivity contribution is 7.89. The molecule has 0 fully saturated rings. The van der Waals surface area contributed by atoms with Gasteiger partial charge in [0.05, 0.1) is 5.69 Å². The number of allylic oxidation sites excluding steroid dienone is 1. The summed E-state index contributed by atoms with van der Waals surface area (Å²) in [6, 6.07) is -0.108. The molecule has 1 unspecified atom stereocenters. The number of anilines is 1. The first-order valence-electron chi connectivity index (χ1n) is 8.87. The number of fused-ring (bicyclic) bond motifs is 1. The number of sulfonamides is 1. The number of nitrogens with zero attached hydrogens (tertiary/aromatic N) is 2. The Morgan fingerprint density at radius 1 is 1.29 bits per heavy atom. The molecule has 0 radical (unpaired) electrons. The van der Waals surface area contributed by atoms with Gasteiger partial charge < -0.3 is 9.88 Å². The molecule has 0 bridgehead atoms. The second-order valence-corrected chi connectivity index (χ2v) is 8.46. The molecule has 0 spiro atoms. The molecule has 13 heteroatoms. The Labute approximate surface area is 174 Å². The van der Waals surface area contributed by atoms with Crippen LogP contribution < -0.4 is 10.0 Å². The zero-order valence-electron chi connectivity index (χ0n) is 16.2. The minimum atomic E-state index is -4.80. The maximum absolute atomic E-state index is 12.9. The van der Waals surface area contributed by atoms with E-state index in [0.717, 1.165) is 12.3 Å². The summed E-state index contributed by atoms with van der Waals surface area (Å²) in [7, 11) is -4.63. The minimum absolute atomic E-state index is 0.00410. The van der Waals surface area contributed by atoms with Gasteiger partial charge in [0.1, 0.15) is 22.3 Å². The summed E-state index contributed by atoms with van der Waals surface area (Å²) >= 11 is 0. The van der Waals surface area contributed by atoms with Gasteiger partial charge in [0.15, 0.2) is 0 Å². The van der Waals surface area contributed by atoms with E-state index in [0.29, 0.717) is 6.92 Å². The maximum Gasteiger partial charge on any atom is 0.404 e. The lowest BCUT2D eigenvalue weighted by Gasteiger charge is -2.17. The summed E-state index contributed by atoms with van der Waals surface area (Å²) in [6.07, 6.45) is -3.66. The molecule has 0 aromatic carbocycles. The average Bonchev–Trinajstić information content (AvgIpc) is 3.19. The number of carbonyl (C=O) groups excluding carboxylic acids is 1.